The van der Waals surface area contributed by atoms with Gasteiger partial charge in [0.2, 0.25) is 5.89 Å². The van der Waals surface area contributed by atoms with Gasteiger partial charge in [-0.15, -0.1) is 10.2 Å². The Labute approximate surface area is 168 Å². The van der Waals surface area contributed by atoms with E-state index in [9.17, 15) is 4.79 Å². The van der Waals surface area contributed by atoms with E-state index in [1.807, 2.05) is 60.7 Å². The summed E-state index contributed by atoms with van der Waals surface area (Å²) in [5.74, 6) is 1.20. The topological polar surface area (TPSA) is 77.2 Å². The second-order valence-corrected chi connectivity index (χ2v) is 6.35. The summed E-state index contributed by atoms with van der Waals surface area (Å²) in [4.78, 5) is 12.4. The Morgan fingerprint density at radius 2 is 1.66 bits per heavy atom. The van der Waals surface area contributed by atoms with Crippen molar-refractivity contribution in [3.05, 3.63) is 102 Å². The standard InChI is InChI=1S/C23H19N3O3/c27-22(24-15-17-8-3-1-4-9-17)19-12-7-13-20(14-19)28-16-21-25-26-23(29-21)18-10-5-2-6-11-18/h1-14H,15-16H2,(H,24,27). The fourth-order valence-corrected chi connectivity index (χ4v) is 2.76. The number of nitrogens with one attached hydrogen (secondary N) is 1. The number of aromatic nitrogens is 2. The molecule has 0 aliphatic heterocycles. The van der Waals surface area contributed by atoms with Crippen molar-refractivity contribution in [3.63, 3.8) is 0 Å². The highest BCUT2D eigenvalue weighted by atomic mass is 16.5. The average molecular weight is 385 g/mol. The number of amides is 1. The molecule has 0 unspecified atom stereocenters. The first-order valence-corrected chi connectivity index (χ1v) is 9.21. The van der Waals surface area contributed by atoms with Gasteiger partial charge in [-0.1, -0.05) is 54.6 Å². The van der Waals surface area contributed by atoms with Crippen LogP contribution in [0.2, 0.25) is 0 Å². The van der Waals surface area contributed by atoms with Crippen molar-refractivity contribution in [2.24, 2.45) is 0 Å². The molecule has 6 heteroatoms. The minimum absolute atomic E-state index is 0.120. The maximum absolute atomic E-state index is 12.4. The van der Waals surface area contributed by atoms with Gasteiger partial charge in [0.05, 0.1) is 0 Å². The molecule has 0 saturated carbocycles. The van der Waals surface area contributed by atoms with Gasteiger partial charge in [0.15, 0.2) is 6.61 Å². The molecule has 1 amide bonds. The van der Waals surface area contributed by atoms with E-state index in [1.165, 1.54) is 0 Å². The van der Waals surface area contributed by atoms with Crippen molar-refractivity contribution in [2.75, 3.05) is 0 Å². The van der Waals surface area contributed by atoms with E-state index >= 15 is 0 Å². The number of carbonyl (C=O) groups excluding carboxylic acids is 1. The number of benzene rings is 3. The van der Waals surface area contributed by atoms with E-state index < -0.39 is 0 Å². The van der Waals surface area contributed by atoms with Crippen LogP contribution in [0.25, 0.3) is 11.5 Å². The molecule has 0 spiro atoms. The van der Waals surface area contributed by atoms with Crippen LogP contribution >= 0.6 is 0 Å². The largest absolute Gasteiger partial charge is 0.484 e. The van der Waals surface area contributed by atoms with Crippen molar-refractivity contribution in [1.29, 1.82) is 0 Å². The molecule has 0 radical (unpaired) electrons. The molecule has 0 fully saturated rings. The molecule has 0 aliphatic carbocycles. The molecule has 4 aromatic rings. The summed E-state index contributed by atoms with van der Waals surface area (Å²) in [7, 11) is 0. The lowest BCUT2D eigenvalue weighted by Gasteiger charge is -2.08. The zero-order valence-corrected chi connectivity index (χ0v) is 15.6. The molecular formula is C23H19N3O3. The van der Waals surface area contributed by atoms with E-state index in [0.717, 1.165) is 11.1 Å². The van der Waals surface area contributed by atoms with Gasteiger partial charge in [-0.05, 0) is 35.9 Å². The monoisotopic (exact) mass is 385 g/mol. The van der Waals surface area contributed by atoms with Crippen molar-refractivity contribution in [3.8, 4) is 17.2 Å². The summed E-state index contributed by atoms with van der Waals surface area (Å²) in [5, 5.41) is 10.9. The number of carbonyl (C=O) groups is 1. The minimum Gasteiger partial charge on any atom is -0.484 e. The Balaban J connectivity index is 1.35. The van der Waals surface area contributed by atoms with Gasteiger partial charge in [-0.3, -0.25) is 4.79 Å². The number of hydrogen-bond acceptors (Lipinski definition) is 5. The molecule has 4 rings (SSSR count). The quantitative estimate of drug-likeness (QED) is 0.515. The summed E-state index contributed by atoms with van der Waals surface area (Å²) in [6.45, 7) is 0.587. The Hall–Kier alpha value is -3.93. The minimum atomic E-state index is -0.163. The smallest absolute Gasteiger partial charge is 0.254 e. The fourth-order valence-electron chi connectivity index (χ4n) is 2.76. The highest BCUT2D eigenvalue weighted by molar-refractivity contribution is 5.94. The van der Waals surface area contributed by atoms with Crippen LogP contribution in [-0.4, -0.2) is 16.1 Å². The molecule has 144 valence electrons. The molecular weight excluding hydrogens is 366 g/mol. The molecule has 1 heterocycles. The Bertz CT molecular complexity index is 1080. The van der Waals surface area contributed by atoms with Gasteiger partial charge in [0.1, 0.15) is 5.75 Å². The molecule has 0 saturated heterocycles. The molecule has 29 heavy (non-hydrogen) atoms. The Morgan fingerprint density at radius 1 is 0.897 bits per heavy atom. The van der Waals surface area contributed by atoms with Gasteiger partial charge < -0.3 is 14.5 Å². The fraction of sp³-hybridized carbons (Fsp3) is 0.0870. The van der Waals surface area contributed by atoms with E-state index in [-0.39, 0.29) is 12.5 Å². The zero-order chi connectivity index (χ0) is 19.9. The van der Waals surface area contributed by atoms with Gasteiger partial charge in [-0.2, -0.15) is 0 Å². The van der Waals surface area contributed by atoms with Crippen LogP contribution < -0.4 is 10.1 Å². The maximum atomic E-state index is 12.4. The van der Waals surface area contributed by atoms with E-state index in [2.05, 4.69) is 15.5 Å². The van der Waals surface area contributed by atoms with Crippen molar-refractivity contribution in [2.45, 2.75) is 13.2 Å². The lowest BCUT2D eigenvalue weighted by molar-refractivity contribution is 0.0950. The predicted molar refractivity (Wildman–Crippen MR) is 108 cm³/mol. The summed E-state index contributed by atoms with van der Waals surface area (Å²) < 4.78 is 11.3. The first-order chi connectivity index (χ1) is 14.3. The average Bonchev–Trinajstić information content (AvgIpc) is 3.27. The molecule has 1 N–H and O–H groups in total. The summed E-state index contributed by atoms with van der Waals surface area (Å²) in [5.41, 5.74) is 2.41. The van der Waals surface area contributed by atoms with Crippen LogP contribution in [-0.2, 0) is 13.2 Å². The number of nitrogens with zero attached hydrogens (tertiary/aromatic N) is 2. The molecule has 0 bridgehead atoms. The molecule has 6 nitrogen and oxygen atoms in total. The van der Waals surface area contributed by atoms with Crippen LogP contribution in [0.3, 0.4) is 0 Å². The van der Waals surface area contributed by atoms with Crippen LogP contribution in [0.5, 0.6) is 5.75 Å². The lowest BCUT2D eigenvalue weighted by Crippen LogP contribution is -2.22. The normalized spacial score (nSPS) is 10.5. The van der Waals surface area contributed by atoms with E-state index in [0.29, 0.717) is 29.6 Å². The second kappa shape index (κ2) is 8.84. The second-order valence-electron chi connectivity index (χ2n) is 6.35. The third kappa shape index (κ3) is 4.87. The number of rotatable bonds is 7. The Morgan fingerprint density at radius 3 is 2.45 bits per heavy atom. The maximum Gasteiger partial charge on any atom is 0.254 e. The number of hydrogen-bond donors (Lipinski definition) is 1. The molecule has 0 aliphatic rings. The third-order valence-corrected chi connectivity index (χ3v) is 4.24. The third-order valence-electron chi connectivity index (χ3n) is 4.24. The zero-order valence-electron chi connectivity index (χ0n) is 15.6. The Kier molecular flexibility index (Phi) is 5.62. The van der Waals surface area contributed by atoms with Crippen molar-refractivity contribution in [1.82, 2.24) is 15.5 Å². The van der Waals surface area contributed by atoms with Crippen molar-refractivity contribution < 1.29 is 13.9 Å². The highest BCUT2D eigenvalue weighted by Gasteiger charge is 2.10. The first-order valence-electron chi connectivity index (χ1n) is 9.21. The van der Waals surface area contributed by atoms with Crippen LogP contribution in [0.1, 0.15) is 21.8 Å². The molecule has 1 aromatic heterocycles. The highest BCUT2D eigenvalue weighted by Crippen LogP contribution is 2.19. The predicted octanol–water partition coefficient (Wildman–Crippen LogP) is 4.25. The summed E-state index contributed by atoms with van der Waals surface area (Å²) in [6, 6.07) is 26.3. The van der Waals surface area contributed by atoms with Crippen LogP contribution in [0.15, 0.2) is 89.3 Å². The van der Waals surface area contributed by atoms with Crippen molar-refractivity contribution >= 4 is 5.91 Å². The molecule has 3 aromatic carbocycles. The number of ether oxygens (including phenoxy) is 1. The van der Waals surface area contributed by atoms with Crippen LogP contribution in [0, 0.1) is 0 Å². The van der Waals surface area contributed by atoms with Gasteiger partial charge in [0.25, 0.3) is 11.8 Å². The first kappa shape index (κ1) is 18.4. The SMILES string of the molecule is O=C(NCc1ccccc1)c1cccc(OCc2nnc(-c3ccccc3)o2)c1. The summed E-state index contributed by atoms with van der Waals surface area (Å²) >= 11 is 0. The van der Waals surface area contributed by atoms with Gasteiger partial charge >= 0.3 is 0 Å². The van der Waals surface area contributed by atoms with E-state index in [4.69, 9.17) is 9.15 Å². The molecule has 0 atom stereocenters. The van der Waals surface area contributed by atoms with Crippen LogP contribution in [0.4, 0.5) is 0 Å². The van der Waals surface area contributed by atoms with Gasteiger partial charge in [0, 0.05) is 17.7 Å². The van der Waals surface area contributed by atoms with Gasteiger partial charge in [-0.25, -0.2) is 0 Å². The summed E-state index contributed by atoms with van der Waals surface area (Å²) in [6.07, 6.45) is 0. The van der Waals surface area contributed by atoms with E-state index in [1.54, 1.807) is 24.3 Å². The lowest BCUT2D eigenvalue weighted by atomic mass is 10.2.